The van der Waals surface area contributed by atoms with Crippen LogP contribution in [0.1, 0.15) is 55.8 Å². The molecule has 6 nitrogen and oxygen atoms in total. The fourth-order valence-corrected chi connectivity index (χ4v) is 5.08. The van der Waals surface area contributed by atoms with Gasteiger partial charge in [-0.3, -0.25) is 19.3 Å². The summed E-state index contributed by atoms with van der Waals surface area (Å²) in [6, 6.07) is 14.5. The molecule has 0 radical (unpaired) electrons. The summed E-state index contributed by atoms with van der Waals surface area (Å²) < 4.78 is 14.1. The number of carbonyl (C=O) groups excluding carboxylic acids is 3. The number of likely N-dealkylation sites (tertiary alicyclic amines) is 1. The fraction of sp³-hybridized carbons (Fsp3) is 0.423. The van der Waals surface area contributed by atoms with Crippen LogP contribution in [-0.4, -0.2) is 52.3 Å². The van der Waals surface area contributed by atoms with Crippen LogP contribution in [0.5, 0.6) is 0 Å². The van der Waals surface area contributed by atoms with E-state index in [4.69, 9.17) is 0 Å². The Hall–Kier alpha value is -3.06. The minimum Gasteiger partial charge on any atom is -0.387 e. The lowest BCUT2D eigenvalue weighted by atomic mass is 9.75. The third kappa shape index (κ3) is 4.55. The lowest BCUT2D eigenvalue weighted by Gasteiger charge is -2.31. The van der Waals surface area contributed by atoms with Gasteiger partial charge in [0.05, 0.1) is 18.1 Å². The largest absolute Gasteiger partial charge is 0.387 e. The molecule has 3 amide bonds. The Kier molecular flexibility index (Phi) is 6.61. The molecule has 2 aromatic carbocycles. The van der Waals surface area contributed by atoms with E-state index < -0.39 is 23.2 Å². The third-order valence-electron chi connectivity index (χ3n) is 6.93. The molecule has 7 heteroatoms. The van der Waals surface area contributed by atoms with Gasteiger partial charge in [0.1, 0.15) is 5.82 Å². The van der Waals surface area contributed by atoms with Crippen molar-refractivity contribution in [2.45, 2.75) is 56.1 Å². The second-order valence-corrected chi connectivity index (χ2v) is 9.15. The van der Waals surface area contributed by atoms with Gasteiger partial charge in [0.15, 0.2) is 0 Å². The van der Waals surface area contributed by atoms with Gasteiger partial charge in [0.2, 0.25) is 17.7 Å². The van der Waals surface area contributed by atoms with Crippen molar-refractivity contribution in [1.82, 2.24) is 9.80 Å². The molecule has 33 heavy (non-hydrogen) atoms. The zero-order valence-corrected chi connectivity index (χ0v) is 18.7. The number of carbonyl (C=O) groups is 3. The molecule has 1 aliphatic heterocycles. The number of halogens is 1. The molecule has 174 valence electrons. The first-order valence-corrected chi connectivity index (χ1v) is 11.4. The van der Waals surface area contributed by atoms with Gasteiger partial charge in [-0.1, -0.05) is 55.3 Å². The lowest BCUT2D eigenvalue weighted by molar-refractivity contribution is -0.144. The third-order valence-corrected chi connectivity index (χ3v) is 6.93. The molecule has 0 aromatic heterocycles. The Morgan fingerprint density at radius 3 is 2.52 bits per heavy atom. The Bertz CT molecular complexity index is 1040. The normalized spacial score (nSPS) is 22.1. The van der Waals surface area contributed by atoms with Crippen molar-refractivity contribution in [2.24, 2.45) is 0 Å². The zero-order chi connectivity index (χ0) is 23.6. The predicted molar refractivity (Wildman–Crippen MR) is 120 cm³/mol. The van der Waals surface area contributed by atoms with E-state index in [2.05, 4.69) is 0 Å². The van der Waals surface area contributed by atoms with Gasteiger partial charge >= 0.3 is 0 Å². The Labute approximate surface area is 193 Å². The summed E-state index contributed by atoms with van der Waals surface area (Å²) >= 11 is 0. The maximum atomic E-state index is 14.1. The molecule has 1 aliphatic carbocycles. The summed E-state index contributed by atoms with van der Waals surface area (Å²) in [5.74, 6) is -1.64. The van der Waals surface area contributed by atoms with Crippen LogP contribution < -0.4 is 0 Å². The van der Waals surface area contributed by atoms with E-state index in [1.807, 2.05) is 6.07 Å². The molecule has 0 bridgehead atoms. The second kappa shape index (κ2) is 9.43. The Morgan fingerprint density at radius 2 is 1.85 bits per heavy atom. The van der Waals surface area contributed by atoms with Crippen LogP contribution in [0.3, 0.4) is 0 Å². The number of nitrogens with zero attached hydrogens (tertiary/aromatic N) is 2. The number of aliphatic hydroxyl groups is 1. The van der Waals surface area contributed by atoms with Gasteiger partial charge in [-0.15, -0.1) is 0 Å². The number of hydrogen-bond acceptors (Lipinski definition) is 4. The molecule has 2 atom stereocenters. The highest BCUT2D eigenvalue weighted by molar-refractivity contribution is 6.11. The van der Waals surface area contributed by atoms with E-state index in [9.17, 15) is 23.9 Å². The fourth-order valence-electron chi connectivity index (χ4n) is 5.08. The van der Waals surface area contributed by atoms with Crippen molar-refractivity contribution in [3.05, 3.63) is 71.5 Å². The summed E-state index contributed by atoms with van der Waals surface area (Å²) in [4.78, 5) is 42.6. The second-order valence-electron chi connectivity index (χ2n) is 9.15. The number of benzene rings is 2. The van der Waals surface area contributed by atoms with Gasteiger partial charge in [-0.25, -0.2) is 4.39 Å². The number of amides is 3. The number of imide groups is 1. The van der Waals surface area contributed by atoms with Crippen LogP contribution in [0.25, 0.3) is 0 Å². The van der Waals surface area contributed by atoms with Crippen molar-refractivity contribution in [3.63, 3.8) is 0 Å². The zero-order valence-electron chi connectivity index (χ0n) is 18.7. The quantitative estimate of drug-likeness (QED) is 0.654. The van der Waals surface area contributed by atoms with Crippen LogP contribution in [0, 0.1) is 5.82 Å². The van der Waals surface area contributed by atoms with Crippen molar-refractivity contribution >= 4 is 17.7 Å². The molecule has 0 unspecified atom stereocenters. The number of rotatable bonds is 7. The molecule has 1 saturated heterocycles. The predicted octanol–water partition coefficient (Wildman–Crippen LogP) is 3.35. The molecule has 0 spiro atoms. The maximum Gasteiger partial charge on any atom is 0.241 e. The van der Waals surface area contributed by atoms with Crippen LogP contribution in [0.2, 0.25) is 0 Å². The SMILES string of the molecule is CN(C[C@@H](O)c1ccccc1)C(=O)C[C@@]1(c2cccc(F)c2)CC(=O)N(C2CCCC2)C1=O. The number of likely N-dealkylation sites (N-methyl/N-ethyl adjacent to an activating group) is 1. The summed E-state index contributed by atoms with van der Waals surface area (Å²) in [7, 11) is 1.56. The molecule has 2 aromatic rings. The summed E-state index contributed by atoms with van der Waals surface area (Å²) in [5.41, 5.74) is -0.423. The monoisotopic (exact) mass is 452 g/mol. The molecular weight excluding hydrogens is 423 g/mol. The smallest absolute Gasteiger partial charge is 0.241 e. The summed E-state index contributed by atoms with van der Waals surface area (Å²) in [5, 5.41) is 10.5. The van der Waals surface area contributed by atoms with E-state index in [-0.39, 0.29) is 37.2 Å². The average molecular weight is 453 g/mol. The number of hydrogen-bond donors (Lipinski definition) is 1. The maximum absolute atomic E-state index is 14.1. The molecule has 1 heterocycles. The van der Waals surface area contributed by atoms with Gasteiger partial charge in [0.25, 0.3) is 0 Å². The molecule has 2 fully saturated rings. The Balaban J connectivity index is 1.60. The summed E-state index contributed by atoms with van der Waals surface area (Å²) in [6.07, 6.45) is 2.11. The van der Waals surface area contributed by atoms with Crippen molar-refractivity contribution in [3.8, 4) is 0 Å². The highest BCUT2D eigenvalue weighted by atomic mass is 19.1. The van der Waals surface area contributed by atoms with Gasteiger partial charge in [-0.2, -0.15) is 0 Å². The van der Waals surface area contributed by atoms with Gasteiger partial charge < -0.3 is 10.0 Å². The van der Waals surface area contributed by atoms with Crippen molar-refractivity contribution in [1.29, 1.82) is 0 Å². The van der Waals surface area contributed by atoms with Crippen LogP contribution >= 0.6 is 0 Å². The minimum atomic E-state index is -1.44. The molecule has 4 rings (SSSR count). The van der Waals surface area contributed by atoms with E-state index in [1.54, 1.807) is 37.4 Å². The van der Waals surface area contributed by atoms with Crippen LogP contribution in [0.15, 0.2) is 54.6 Å². The highest BCUT2D eigenvalue weighted by Crippen LogP contribution is 2.43. The first-order valence-electron chi connectivity index (χ1n) is 11.4. The van der Waals surface area contributed by atoms with Crippen molar-refractivity contribution in [2.75, 3.05) is 13.6 Å². The minimum absolute atomic E-state index is 0.0382. The first-order chi connectivity index (χ1) is 15.8. The lowest BCUT2D eigenvalue weighted by Crippen LogP contribution is -2.45. The van der Waals surface area contributed by atoms with E-state index in [1.165, 1.54) is 28.0 Å². The first kappa shape index (κ1) is 23.1. The molecular formula is C26H29FN2O4. The van der Waals surface area contributed by atoms with E-state index in [0.29, 0.717) is 11.1 Å². The molecule has 2 aliphatic rings. The Morgan fingerprint density at radius 1 is 1.15 bits per heavy atom. The van der Waals surface area contributed by atoms with Crippen LogP contribution in [-0.2, 0) is 19.8 Å². The van der Waals surface area contributed by atoms with Crippen LogP contribution in [0.4, 0.5) is 4.39 Å². The van der Waals surface area contributed by atoms with Gasteiger partial charge in [0, 0.05) is 25.9 Å². The van der Waals surface area contributed by atoms with E-state index in [0.717, 1.165) is 25.7 Å². The topological polar surface area (TPSA) is 77.9 Å². The summed E-state index contributed by atoms with van der Waals surface area (Å²) in [6.45, 7) is 0.0382. The van der Waals surface area contributed by atoms with Gasteiger partial charge in [-0.05, 0) is 36.1 Å². The molecule has 1 saturated carbocycles. The highest BCUT2D eigenvalue weighted by Gasteiger charge is 2.55. The standard InChI is InChI=1S/C26H29FN2O4/c1-28(17-22(30)18-8-3-2-4-9-18)23(31)15-26(19-10-7-11-20(27)14-19)16-24(32)29(25(26)33)21-12-5-6-13-21/h2-4,7-11,14,21-22,30H,5-6,12-13,15-17H2,1H3/t22-,26+/m1/s1. The van der Waals surface area contributed by atoms with Crippen molar-refractivity contribution < 1.29 is 23.9 Å². The van der Waals surface area contributed by atoms with E-state index >= 15 is 0 Å². The molecule has 1 N–H and O–H groups in total. The average Bonchev–Trinajstić information content (AvgIpc) is 3.41. The number of aliphatic hydroxyl groups excluding tert-OH is 1.